The van der Waals surface area contributed by atoms with Crippen molar-refractivity contribution in [1.82, 2.24) is 0 Å². The second-order valence-electron chi connectivity index (χ2n) is 6.45. The summed E-state index contributed by atoms with van der Waals surface area (Å²) in [4.78, 5) is 28.5. The maximum Gasteiger partial charge on any atom is 0.250 e. The number of benzene rings is 1. The molecule has 0 N–H and O–H groups in total. The van der Waals surface area contributed by atoms with E-state index in [2.05, 4.69) is 13.8 Å². The summed E-state index contributed by atoms with van der Waals surface area (Å²) < 4.78 is 0. The lowest BCUT2D eigenvalue weighted by Gasteiger charge is -2.30. The average molecular weight is 357 g/mol. The third kappa shape index (κ3) is 5.32. The number of nitrogens with zero attached hydrogens (tertiary/aromatic N) is 2. The van der Waals surface area contributed by atoms with Crippen LogP contribution >= 0.6 is 0 Å². The van der Waals surface area contributed by atoms with E-state index < -0.39 is 0 Å². The Hall–Kier alpha value is -2.36. The van der Waals surface area contributed by atoms with Crippen LogP contribution in [0.15, 0.2) is 48.6 Å². The van der Waals surface area contributed by atoms with Gasteiger partial charge < -0.3 is 9.80 Å². The van der Waals surface area contributed by atoms with Crippen LogP contribution in [0.3, 0.4) is 0 Å². The minimum atomic E-state index is -0.0293. The third-order valence-corrected chi connectivity index (χ3v) is 4.56. The molecule has 1 rings (SSSR count). The smallest absolute Gasteiger partial charge is 0.250 e. The maximum atomic E-state index is 12.5. The zero-order valence-electron chi connectivity index (χ0n) is 16.9. The average Bonchev–Trinajstić information content (AvgIpc) is 2.63. The van der Waals surface area contributed by atoms with E-state index in [0.29, 0.717) is 0 Å². The Balaban J connectivity index is 3.24. The van der Waals surface area contributed by atoms with Gasteiger partial charge in [0.2, 0.25) is 0 Å². The second-order valence-corrected chi connectivity index (χ2v) is 6.45. The maximum absolute atomic E-state index is 12.5. The molecule has 0 saturated heterocycles. The number of hydrogen-bond acceptors (Lipinski definition) is 2. The molecule has 0 saturated carbocycles. The molecule has 0 aliphatic heterocycles. The standard InChI is InChI=1S/C22H32N2O2/c1-7-11-21(25)23(17(5)9-3)19-13-15-20(16-14-19)24(18(6)10-4)22(26)12-8-2/h7-8,11-18H,9-10H2,1-6H3/b11-7-,12-8+/t17-,18+/m1/s1. The van der Waals surface area contributed by atoms with E-state index in [4.69, 9.17) is 0 Å². The summed E-state index contributed by atoms with van der Waals surface area (Å²) in [6.07, 6.45) is 8.41. The molecule has 0 aliphatic carbocycles. The Morgan fingerprint density at radius 2 is 1.12 bits per heavy atom. The molecule has 4 nitrogen and oxygen atoms in total. The zero-order chi connectivity index (χ0) is 19.7. The Morgan fingerprint density at radius 3 is 1.35 bits per heavy atom. The zero-order valence-corrected chi connectivity index (χ0v) is 16.9. The van der Waals surface area contributed by atoms with Crippen LogP contribution in [-0.4, -0.2) is 23.9 Å². The van der Waals surface area contributed by atoms with Crippen molar-refractivity contribution in [2.24, 2.45) is 0 Å². The molecule has 0 heterocycles. The first kappa shape index (κ1) is 21.7. The number of carbonyl (C=O) groups is 2. The second kappa shape index (κ2) is 10.6. The number of carbonyl (C=O) groups excluding carboxylic acids is 2. The van der Waals surface area contributed by atoms with Crippen LogP contribution in [0.4, 0.5) is 11.4 Å². The predicted octanol–water partition coefficient (Wildman–Crippen LogP) is 5.10. The summed E-state index contributed by atoms with van der Waals surface area (Å²) in [6, 6.07) is 7.87. The van der Waals surface area contributed by atoms with Gasteiger partial charge in [-0.2, -0.15) is 0 Å². The summed E-state index contributed by atoms with van der Waals surface area (Å²) in [7, 11) is 0. The number of allylic oxidation sites excluding steroid dienone is 2. The molecule has 0 spiro atoms. The lowest BCUT2D eigenvalue weighted by Crippen LogP contribution is -2.38. The number of anilines is 2. The normalized spacial score (nSPS) is 13.8. The SMILES string of the molecule is C/C=C\C(=O)N(c1ccc(N(C(=O)/C=C/C)[C@@H](C)CC)cc1)[C@H](C)CC. The molecule has 26 heavy (non-hydrogen) atoms. The van der Waals surface area contributed by atoms with Crippen molar-refractivity contribution in [3.8, 4) is 0 Å². The van der Waals surface area contributed by atoms with E-state index in [1.807, 2.05) is 52.0 Å². The van der Waals surface area contributed by atoms with E-state index in [1.54, 1.807) is 34.1 Å². The van der Waals surface area contributed by atoms with Gasteiger partial charge in [-0.1, -0.05) is 26.0 Å². The van der Waals surface area contributed by atoms with Crippen molar-refractivity contribution < 1.29 is 9.59 Å². The fourth-order valence-corrected chi connectivity index (χ4v) is 2.78. The van der Waals surface area contributed by atoms with E-state index in [1.165, 1.54) is 0 Å². The Morgan fingerprint density at radius 1 is 0.808 bits per heavy atom. The molecule has 0 aromatic heterocycles. The highest BCUT2D eigenvalue weighted by molar-refractivity contribution is 6.03. The summed E-state index contributed by atoms with van der Waals surface area (Å²) in [5.74, 6) is -0.0586. The van der Waals surface area contributed by atoms with Gasteiger partial charge in [0.1, 0.15) is 0 Å². The summed E-state index contributed by atoms with van der Waals surface area (Å²) in [6.45, 7) is 11.9. The van der Waals surface area contributed by atoms with Crippen LogP contribution in [-0.2, 0) is 9.59 Å². The largest absolute Gasteiger partial charge is 0.306 e. The quantitative estimate of drug-likeness (QED) is 0.608. The molecule has 0 radical (unpaired) electrons. The highest BCUT2D eigenvalue weighted by Gasteiger charge is 2.21. The minimum Gasteiger partial charge on any atom is -0.306 e. The Labute approximate surface area is 158 Å². The number of hydrogen-bond donors (Lipinski definition) is 0. The summed E-state index contributed by atoms with van der Waals surface area (Å²) in [5, 5.41) is 0. The Kier molecular flexibility index (Phi) is 8.83. The van der Waals surface area contributed by atoms with Gasteiger partial charge in [0.15, 0.2) is 0 Å². The van der Waals surface area contributed by atoms with Crippen LogP contribution in [0.5, 0.6) is 0 Å². The van der Waals surface area contributed by atoms with Crippen molar-refractivity contribution in [2.75, 3.05) is 9.80 Å². The number of rotatable bonds is 8. The van der Waals surface area contributed by atoms with E-state index in [-0.39, 0.29) is 23.9 Å². The Bertz CT molecular complexity index is 590. The highest BCUT2D eigenvalue weighted by atomic mass is 16.2. The molecule has 2 atom stereocenters. The first-order chi connectivity index (χ1) is 12.4. The topological polar surface area (TPSA) is 40.6 Å². The monoisotopic (exact) mass is 356 g/mol. The van der Waals surface area contributed by atoms with Crippen molar-refractivity contribution in [3.05, 3.63) is 48.6 Å². The van der Waals surface area contributed by atoms with Gasteiger partial charge in [-0.3, -0.25) is 9.59 Å². The fraction of sp³-hybridized carbons (Fsp3) is 0.455. The molecule has 0 fully saturated rings. The van der Waals surface area contributed by atoms with E-state index in [9.17, 15) is 9.59 Å². The van der Waals surface area contributed by atoms with Gasteiger partial charge in [0.25, 0.3) is 11.8 Å². The van der Waals surface area contributed by atoms with Crippen molar-refractivity contribution in [3.63, 3.8) is 0 Å². The van der Waals surface area contributed by atoms with Crippen molar-refractivity contribution in [1.29, 1.82) is 0 Å². The molecule has 0 unspecified atom stereocenters. The van der Waals surface area contributed by atoms with Crippen LogP contribution < -0.4 is 9.80 Å². The van der Waals surface area contributed by atoms with Crippen molar-refractivity contribution in [2.45, 2.75) is 66.5 Å². The molecule has 2 amide bonds. The van der Waals surface area contributed by atoms with Gasteiger partial charge in [0, 0.05) is 23.5 Å². The first-order valence-corrected chi connectivity index (χ1v) is 9.42. The lowest BCUT2D eigenvalue weighted by atomic mass is 10.1. The van der Waals surface area contributed by atoms with E-state index in [0.717, 1.165) is 24.2 Å². The van der Waals surface area contributed by atoms with Crippen LogP contribution in [0.25, 0.3) is 0 Å². The van der Waals surface area contributed by atoms with Gasteiger partial charge >= 0.3 is 0 Å². The van der Waals surface area contributed by atoms with Crippen LogP contribution in [0.1, 0.15) is 54.4 Å². The minimum absolute atomic E-state index is 0.0293. The first-order valence-electron chi connectivity index (χ1n) is 9.42. The third-order valence-electron chi connectivity index (χ3n) is 4.56. The van der Waals surface area contributed by atoms with E-state index >= 15 is 0 Å². The van der Waals surface area contributed by atoms with Crippen LogP contribution in [0, 0.1) is 0 Å². The molecule has 142 valence electrons. The molecule has 1 aromatic carbocycles. The summed E-state index contributed by atoms with van der Waals surface area (Å²) in [5.41, 5.74) is 1.68. The van der Waals surface area contributed by atoms with Gasteiger partial charge in [-0.25, -0.2) is 0 Å². The van der Waals surface area contributed by atoms with Gasteiger partial charge in [0.05, 0.1) is 0 Å². The van der Waals surface area contributed by atoms with Gasteiger partial charge in [-0.05, 0) is 77.0 Å². The van der Waals surface area contributed by atoms with Gasteiger partial charge in [-0.15, -0.1) is 0 Å². The molecule has 1 aromatic rings. The summed E-state index contributed by atoms with van der Waals surface area (Å²) >= 11 is 0. The molecule has 0 bridgehead atoms. The predicted molar refractivity (Wildman–Crippen MR) is 111 cm³/mol. The highest BCUT2D eigenvalue weighted by Crippen LogP contribution is 2.26. The lowest BCUT2D eigenvalue weighted by molar-refractivity contribution is -0.115. The molecule has 4 heteroatoms. The molecular formula is C22H32N2O2. The number of amides is 2. The van der Waals surface area contributed by atoms with Crippen molar-refractivity contribution >= 4 is 23.2 Å². The molecular weight excluding hydrogens is 324 g/mol. The fourth-order valence-electron chi connectivity index (χ4n) is 2.78. The molecule has 0 aliphatic rings. The van der Waals surface area contributed by atoms with Crippen LogP contribution in [0.2, 0.25) is 0 Å².